The summed E-state index contributed by atoms with van der Waals surface area (Å²) in [5.74, 6) is -4.57. The zero-order valence-electron chi connectivity index (χ0n) is 35.9. The molecular weight excluding hydrogens is 833 g/mol. The first-order chi connectivity index (χ1) is 30.1. The van der Waals surface area contributed by atoms with E-state index in [1.54, 1.807) is 121 Å². The molecule has 0 bridgehead atoms. The number of hydrogen-bond donors (Lipinski definition) is 2. The summed E-state index contributed by atoms with van der Waals surface area (Å²) in [5, 5.41) is 23.5. The Balaban J connectivity index is 1.27. The number of hydrogen-bond acceptors (Lipinski definition) is 15. The van der Waals surface area contributed by atoms with Crippen molar-refractivity contribution in [3.63, 3.8) is 0 Å². The van der Waals surface area contributed by atoms with Gasteiger partial charge in [-0.1, -0.05) is 106 Å². The van der Waals surface area contributed by atoms with Gasteiger partial charge in [0.1, 0.15) is 37.1 Å². The molecule has 2 N–H and O–H groups in total. The summed E-state index contributed by atoms with van der Waals surface area (Å²) < 4.78 is 62.6. The van der Waals surface area contributed by atoms with E-state index in [0.29, 0.717) is 0 Å². The normalized spacial score (nSPS) is 29.6. The summed E-state index contributed by atoms with van der Waals surface area (Å²) in [6, 6.07) is 33.0. The zero-order chi connectivity index (χ0) is 44.9. The Morgan fingerprint density at radius 3 is 1.67 bits per heavy atom. The monoisotopic (exact) mass is 886 g/mol. The van der Waals surface area contributed by atoms with E-state index < -0.39 is 100 Å². The number of ether oxygens (including phenoxy) is 9. The highest BCUT2D eigenvalue weighted by atomic mass is 28.4. The maximum absolute atomic E-state index is 14.0. The minimum atomic E-state index is -2.35. The van der Waals surface area contributed by atoms with Crippen LogP contribution in [0.3, 0.4) is 0 Å². The number of carbonyl (C=O) groups is 3. The van der Waals surface area contributed by atoms with Gasteiger partial charge in [-0.05, 0) is 54.5 Å². The van der Waals surface area contributed by atoms with Gasteiger partial charge in [0.05, 0.1) is 23.3 Å². The SMILES string of the molecule is CO[C@@H]1O[C@H](CO[Si](C)(C)C(C)(C)C)[C@H](O)[C@H](OC2(c3ccccc3)O[C@H]3O[C@H](COC(=O)c4ccccc4)[C@@H](OC(=O)c4ccccc4)[C@H](OC(=O)c4ccccc4)[C@H]3O2)[C@H]1O. The molecule has 11 atom stereocenters. The van der Waals surface area contributed by atoms with Gasteiger partial charge < -0.3 is 52.5 Å². The summed E-state index contributed by atoms with van der Waals surface area (Å²) in [6.45, 7) is 9.84. The van der Waals surface area contributed by atoms with E-state index in [1.165, 1.54) is 7.11 Å². The van der Waals surface area contributed by atoms with Gasteiger partial charge in [0.15, 0.2) is 39.2 Å². The van der Waals surface area contributed by atoms with Gasteiger partial charge in [0, 0.05) is 12.7 Å². The molecule has 7 rings (SSSR count). The van der Waals surface area contributed by atoms with Crippen LogP contribution < -0.4 is 0 Å². The second-order valence-electron chi connectivity index (χ2n) is 17.0. The standard InChI is InChI=1S/C47H54O15Si/c1-46(2,3)63(5,6)55-28-33-35(48)38(36(49)44(53-4)56-33)60-47(32-25-17-10-18-26-32)61-40-39(59-43(52)31-23-15-9-16-24-31)37(58-42(51)30-21-13-8-14-22-30)34(57-45(40)62-47)27-54-41(50)29-19-11-7-12-20-29/h7-26,33-40,44-45,48-49H,27-28H2,1-6H3/t33-,34-,35+,36-,37-,38+,39+,40-,44-,45-,47?/m1/s1. The quantitative estimate of drug-likeness (QED) is 0.0887. The maximum Gasteiger partial charge on any atom is 0.338 e. The van der Waals surface area contributed by atoms with Crippen molar-refractivity contribution in [2.24, 2.45) is 0 Å². The molecule has 63 heavy (non-hydrogen) atoms. The largest absolute Gasteiger partial charge is 0.459 e. The van der Waals surface area contributed by atoms with Crippen molar-refractivity contribution in [1.82, 2.24) is 0 Å². The Hall–Kier alpha value is -4.85. The molecule has 0 saturated carbocycles. The molecule has 3 fully saturated rings. The Morgan fingerprint density at radius 1 is 0.635 bits per heavy atom. The lowest BCUT2D eigenvalue weighted by molar-refractivity contribution is -0.415. The lowest BCUT2D eigenvalue weighted by Gasteiger charge is -2.45. The van der Waals surface area contributed by atoms with Crippen LogP contribution in [0.2, 0.25) is 18.1 Å². The molecule has 0 aliphatic carbocycles. The third-order valence-corrected chi connectivity index (χ3v) is 16.3. The number of aliphatic hydroxyl groups is 2. The maximum atomic E-state index is 14.0. The van der Waals surface area contributed by atoms with Crippen LogP contribution in [0.4, 0.5) is 0 Å². The van der Waals surface area contributed by atoms with E-state index >= 15 is 0 Å². The minimum Gasteiger partial charge on any atom is -0.459 e. The summed E-state index contributed by atoms with van der Waals surface area (Å²) >= 11 is 0. The number of carbonyl (C=O) groups excluding carboxylic acids is 3. The Labute approximate surface area is 367 Å². The molecule has 15 nitrogen and oxygen atoms in total. The Kier molecular flexibility index (Phi) is 14.3. The molecule has 336 valence electrons. The molecule has 3 heterocycles. The molecule has 1 unspecified atom stereocenters. The molecule has 4 aromatic carbocycles. The number of methoxy groups -OCH3 is 1. The van der Waals surface area contributed by atoms with Gasteiger partial charge in [-0.3, -0.25) is 4.74 Å². The Bertz CT molecular complexity index is 2140. The van der Waals surface area contributed by atoms with Crippen LogP contribution in [-0.4, -0.2) is 118 Å². The number of esters is 3. The van der Waals surface area contributed by atoms with Gasteiger partial charge in [-0.25, -0.2) is 14.4 Å². The van der Waals surface area contributed by atoms with E-state index in [2.05, 4.69) is 33.9 Å². The van der Waals surface area contributed by atoms with Crippen molar-refractivity contribution < 1.29 is 71.7 Å². The van der Waals surface area contributed by atoms with Crippen molar-refractivity contribution in [1.29, 1.82) is 0 Å². The molecule has 0 spiro atoms. The Morgan fingerprint density at radius 2 is 1.14 bits per heavy atom. The van der Waals surface area contributed by atoms with Gasteiger partial charge in [0.25, 0.3) is 0 Å². The van der Waals surface area contributed by atoms with Crippen LogP contribution in [0.25, 0.3) is 0 Å². The molecule has 16 heteroatoms. The second-order valence-corrected chi connectivity index (χ2v) is 21.8. The summed E-state index contributed by atoms with van der Waals surface area (Å²) in [4.78, 5) is 41.1. The third kappa shape index (κ3) is 10.3. The van der Waals surface area contributed by atoms with Crippen LogP contribution >= 0.6 is 0 Å². The number of aliphatic hydroxyl groups excluding tert-OH is 2. The van der Waals surface area contributed by atoms with Gasteiger partial charge in [-0.15, -0.1) is 0 Å². The highest BCUT2D eigenvalue weighted by Crippen LogP contribution is 2.47. The highest BCUT2D eigenvalue weighted by Gasteiger charge is 2.64. The molecule has 0 amide bonds. The van der Waals surface area contributed by atoms with Crippen LogP contribution in [0.1, 0.15) is 57.4 Å². The molecule has 3 aliphatic rings. The van der Waals surface area contributed by atoms with Crippen LogP contribution in [0, 0.1) is 0 Å². The van der Waals surface area contributed by atoms with Crippen molar-refractivity contribution >= 4 is 26.2 Å². The van der Waals surface area contributed by atoms with Gasteiger partial charge in [0.2, 0.25) is 0 Å². The molecule has 3 aliphatic heterocycles. The molecule has 3 saturated heterocycles. The molecular formula is C47H54O15Si. The van der Waals surface area contributed by atoms with E-state index in [4.69, 9.17) is 47.1 Å². The topological polar surface area (TPSA) is 184 Å². The highest BCUT2D eigenvalue weighted by molar-refractivity contribution is 6.74. The number of fused-ring (bicyclic) bond motifs is 1. The molecule has 0 radical (unpaired) electrons. The van der Waals surface area contributed by atoms with Gasteiger partial charge >= 0.3 is 23.9 Å². The van der Waals surface area contributed by atoms with Crippen LogP contribution in [0.5, 0.6) is 0 Å². The van der Waals surface area contributed by atoms with E-state index in [1.807, 2.05) is 0 Å². The first kappa shape index (κ1) is 46.1. The second kappa shape index (κ2) is 19.5. The van der Waals surface area contributed by atoms with Crippen molar-refractivity contribution in [3.05, 3.63) is 144 Å². The minimum absolute atomic E-state index is 0.0478. The lowest BCUT2D eigenvalue weighted by atomic mass is 9.98. The lowest BCUT2D eigenvalue weighted by Crippen LogP contribution is -2.62. The fourth-order valence-corrected chi connectivity index (χ4v) is 8.19. The van der Waals surface area contributed by atoms with E-state index in [-0.39, 0.29) is 33.9 Å². The van der Waals surface area contributed by atoms with Crippen LogP contribution in [-0.2, 0) is 53.0 Å². The van der Waals surface area contributed by atoms with Gasteiger partial charge in [-0.2, -0.15) is 0 Å². The predicted octanol–water partition coefficient (Wildman–Crippen LogP) is 5.75. The zero-order valence-corrected chi connectivity index (χ0v) is 36.9. The average molecular weight is 887 g/mol. The van der Waals surface area contributed by atoms with Crippen molar-refractivity contribution in [2.45, 2.75) is 106 Å². The average Bonchev–Trinajstić information content (AvgIpc) is 3.67. The van der Waals surface area contributed by atoms with Crippen molar-refractivity contribution in [3.8, 4) is 0 Å². The van der Waals surface area contributed by atoms with E-state index in [0.717, 1.165) is 0 Å². The smallest absolute Gasteiger partial charge is 0.338 e. The fraction of sp³-hybridized carbons (Fsp3) is 0.426. The molecule has 0 aromatic heterocycles. The van der Waals surface area contributed by atoms with Crippen molar-refractivity contribution in [2.75, 3.05) is 20.3 Å². The fourth-order valence-electron chi connectivity index (χ4n) is 7.18. The number of benzene rings is 4. The number of rotatable bonds is 14. The summed E-state index contributed by atoms with van der Waals surface area (Å²) in [5.41, 5.74) is 0.870. The first-order valence-corrected chi connectivity index (χ1v) is 23.7. The first-order valence-electron chi connectivity index (χ1n) is 20.8. The summed E-state index contributed by atoms with van der Waals surface area (Å²) in [7, 11) is -1.00. The predicted molar refractivity (Wildman–Crippen MR) is 226 cm³/mol. The van der Waals surface area contributed by atoms with Crippen LogP contribution in [0.15, 0.2) is 121 Å². The molecule has 4 aromatic rings. The summed E-state index contributed by atoms with van der Waals surface area (Å²) in [6.07, 6.45) is -14.1. The third-order valence-electron chi connectivity index (χ3n) is 11.8. The van der Waals surface area contributed by atoms with E-state index in [9.17, 15) is 24.6 Å².